The average molecular weight is 463 g/mol. The van der Waals surface area contributed by atoms with Crippen molar-refractivity contribution in [3.05, 3.63) is 24.4 Å². The minimum Gasteiger partial charge on any atom is -0.380 e. The van der Waals surface area contributed by atoms with Crippen LogP contribution in [0.25, 0.3) is 0 Å². The molecule has 144 valence electrons. The number of rotatable bonds is 12. The smallest absolute Gasteiger partial charge is 0.191 e. The number of hydrogen-bond donors (Lipinski definition) is 3. The van der Waals surface area contributed by atoms with Gasteiger partial charge in [-0.05, 0) is 37.3 Å². The van der Waals surface area contributed by atoms with E-state index in [0.717, 1.165) is 57.3 Å². The first-order valence-electron chi connectivity index (χ1n) is 8.89. The minimum atomic E-state index is 0. The second kappa shape index (κ2) is 16.4. The van der Waals surface area contributed by atoms with E-state index >= 15 is 0 Å². The van der Waals surface area contributed by atoms with Gasteiger partial charge in [-0.25, -0.2) is 4.98 Å². The highest BCUT2D eigenvalue weighted by molar-refractivity contribution is 14.0. The van der Waals surface area contributed by atoms with Crippen molar-refractivity contribution in [1.82, 2.24) is 15.6 Å². The minimum absolute atomic E-state index is 0. The number of unbranched alkanes of at least 4 members (excludes halogenated alkanes) is 1. The van der Waals surface area contributed by atoms with Gasteiger partial charge in [-0.15, -0.1) is 24.0 Å². The molecule has 1 aromatic heterocycles. The van der Waals surface area contributed by atoms with Crippen molar-refractivity contribution in [3.8, 4) is 0 Å². The Kier molecular flexibility index (Phi) is 15.7. The number of nitrogens with one attached hydrogen (secondary N) is 3. The Bertz CT molecular complexity index is 442. The molecule has 3 N–H and O–H groups in total. The highest BCUT2D eigenvalue weighted by atomic mass is 127. The summed E-state index contributed by atoms with van der Waals surface area (Å²) in [4.78, 5) is 8.45. The summed E-state index contributed by atoms with van der Waals surface area (Å²) in [5.74, 6) is 2.46. The van der Waals surface area contributed by atoms with E-state index < -0.39 is 0 Å². The van der Waals surface area contributed by atoms with Gasteiger partial charge in [0.15, 0.2) is 5.96 Å². The van der Waals surface area contributed by atoms with Crippen molar-refractivity contribution < 1.29 is 4.74 Å². The van der Waals surface area contributed by atoms with Gasteiger partial charge in [-0.1, -0.05) is 19.9 Å². The van der Waals surface area contributed by atoms with E-state index in [1.54, 1.807) is 13.2 Å². The maximum atomic E-state index is 5.58. The first-order chi connectivity index (χ1) is 11.7. The molecule has 1 rings (SSSR count). The molecule has 0 spiro atoms. The fourth-order valence-electron chi connectivity index (χ4n) is 2.02. The van der Waals surface area contributed by atoms with Crippen molar-refractivity contribution in [2.24, 2.45) is 10.9 Å². The monoisotopic (exact) mass is 463 g/mol. The number of anilines is 1. The molecule has 1 aromatic rings. The maximum Gasteiger partial charge on any atom is 0.191 e. The largest absolute Gasteiger partial charge is 0.380 e. The van der Waals surface area contributed by atoms with E-state index in [1.807, 2.05) is 18.2 Å². The first-order valence-corrected chi connectivity index (χ1v) is 8.89. The van der Waals surface area contributed by atoms with Gasteiger partial charge in [0.25, 0.3) is 0 Å². The summed E-state index contributed by atoms with van der Waals surface area (Å²) in [6.45, 7) is 8.56. The van der Waals surface area contributed by atoms with Crippen molar-refractivity contribution in [2.75, 3.05) is 45.2 Å². The summed E-state index contributed by atoms with van der Waals surface area (Å²) in [6, 6.07) is 5.88. The van der Waals surface area contributed by atoms with Crippen LogP contribution in [-0.2, 0) is 4.74 Å². The highest BCUT2D eigenvalue weighted by Gasteiger charge is 1.98. The molecule has 25 heavy (non-hydrogen) atoms. The lowest BCUT2D eigenvalue weighted by Crippen LogP contribution is -2.39. The molecule has 1 heterocycles. The van der Waals surface area contributed by atoms with Gasteiger partial charge in [0.05, 0.1) is 6.61 Å². The summed E-state index contributed by atoms with van der Waals surface area (Å²) < 4.78 is 5.58. The molecule has 0 unspecified atom stereocenters. The Labute approximate surface area is 169 Å². The molecule has 7 heteroatoms. The Morgan fingerprint density at radius 1 is 1.12 bits per heavy atom. The lowest BCUT2D eigenvalue weighted by atomic mass is 10.1. The van der Waals surface area contributed by atoms with Crippen molar-refractivity contribution in [2.45, 2.75) is 33.1 Å². The molecule has 0 bridgehead atoms. The molecule has 0 saturated heterocycles. The molecule has 0 amide bonds. The molecular weight excluding hydrogens is 429 g/mol. The van der Waals surface area contributed by atoms with Crippen LogP contribution in [0.1, 0.15) is 33.1 Å². The van der Waals surface area contributed by atoms with Crippen LogP contribution in [0, 0.1) is 5.92 Å². The number of pyridine rings is 1. The fraction of sp³-hybridized carbons (Fsp3) is 0.667. The van der Waals surface area contributed by atoms with Gasteiger partial charge < -0.3 is 20.7 Å². The summed E-state index contributed by atoms with van der Waals surface area (Å²) >= 11 is 0. The predicted octanol–water partition coefficient (Wildman–Crippen LogP) is 3.12. The number of hydrogen-bond acceptors (Lipinski definition) is 4. The highest BCUT2D eigenvalue weighted by Crippen LogP contribution is 2.00. The average Bonchev–Trinajstić information content (AvgIpc) is 2.59. The van der Waals surface area contributed by atoms with E-state index in [-0.39, 0.29) is 24.0 Å². The van der Waals surface area contributed by atoms with E-state index in [2.05, 4.69) is 39.8 Å². The SMILES string of the molecule is CN=C(NCCCCNc1ccccn1)NCCOCCC(C)C.I. The lowest BCUT2D eigenvalue weighted by Gasteiger charge is -2.12. The fourth-order valence-corrected chi connectivity index (χ4v) is 2.02. The zero-order chi connectivity index (χ0) is 17.5. The molecule has 0 saturated carbocycles. The number of halogens is 1. The number of guanidine groups is 1. The second-order valence-corrected chi connectivity index (χ2v) is 6.07. The summed E-state index contributed by atoms with van der Waals surface area (Å²) in [6.07, 6.45) is 5.07. The molecule has 0 atom stereocenters. The maximum absolute atomic E-state index is 5.58. The first kappa shape index (κ1) is 23.9. The van der Waals surface area contributed by atoms with Gasteiger partial charge >= 0.3 is 0 Å². The van der Waals surface area contributed by atoms with Crippen LogP contribution < -0.4 is 16.0 Å². The molecule has 0 aromatic carbocycles. The summed E-state index contributed by atoms with van der Waals surface area (Å²) in [7, 11) is 1.79. The van der Waals surface area contributed by atoms with E-state index in [1.165, 1.54) is 0 Å². The summed E-state index contributed by atoms with van der Waals surface area (Å²) in [5.41, 5.74) is 0. The van der Waals surface area contributed by atoms with Gasteiger partial charge in [0.2, 0.25) is 0 Å². The van der Waals surface area contributed by atoms with Crippen molar-refractivity contribution >= 4 is 35.8 Å². The molecule has 0 aliphatic rings. The molecule has 0 aliphatic heterocycles. The van der Waals surface area contributed by atoms with E-state index in [0.29, 0.717) is 12.5 Å². The van der Waals surface area contributed by atoms with Crippen LogP contribution in [-0.4, -0.2) is 50.8 Å². The number of aliphatic imine (C=N–C) groups is 1. The Balaban J connectivity index is 0.00000576. The molecular formula is C18H34IN5O. The third-order valence-electron chi connectivity index (χ3n) is 3.47. The number of ether oxygens (including phenoxy) is 1. The van der Waals surface area contributed by atoms with Crippen LogP contribution in [0.3, 0.4) is 0 Å². The number of nitrogens with zero attached hydrogens (tertiary/aromatic N) is 2. The predicted molar refractivity (Wildman–Crippen MR) is 117 cm³/mol. The number of aromatic nitrogens is 1. The lowest BCUT2D eigenvalue weighted by molar-refractivity contribution is 0.128. The molecule has 0 radical (unpaired) electrons. The van der Waals surface area contributed by atoms with Gasteiger partial charge in [-0.2, -0.15) is 0 Å². The molecule has 6 nitrogen and oxygen atoms in total. The van der Waals surface area contributed by atoms with E-state index in [4.69, 9.17) is 4.74 Å². The molecule has 0 aliphatic carbocycles. The van der Waals surface area contributed by atoms with Crippen LogP contribution >= 0.6 is 24.0 Å². The second-order valence-electron chi connectivity index (χ2n) is 6.07. The topological polar surface area (TPSA) is 70.6 Å². The van der Waals surface area contributed by atoms with Crippen LogP contribution in [0.15, 0.2) is 29.4 Å². The van der Waals surface area contributed by atoms with Crippen molar-refractivity contribution in [3.63, 3.8) is 0 Å². The third kappa shape index (κ3) is 13.8. The standard InChI is InChI=1S/C18H33N5O.HI/c1-16(2)9-14-24-15-13-23-18(19-3)22-12-7-6-11-21-17-8-4-5-10-20-17;/h4-5,8,10,16H,6-7,9,11-15H2,1-3H3,(H,20,21)(H2,19,22,23);1H. The Morgan fingerprint density at radius 3 is 2.56 bits per heavy atom. The Hall–Kier alpha value is -1.09. The normalized spacial score (nSPS) is 11.1. The van der Waals surface area contributed by atoms with Crippen LogP contribution in [0.2, 0.25) is 0 Å². The quantitative estimate of drug-likeness (QED) is 0.192. The third-order valence-corrected chi connectivity index (χ3v) is 3.47. The molecule has 0 fully saturated rings. The Morgan fingerprint density at radius 2 is 1.88 bits per heavy atom. The zero-order valence-electron chi connectivity index (χ0n) is 15.8. The van der Waals surface area contributed by atoms with Crippen molar-refractivity contribution in [1.29, 1.82) is 0 Å². The van der Waals surface area contributed by atoms with Crippen LogP contribution in [0.4, 0.5) is 5.82 Å². The van der Waals surface area contributed by atoms with E-state index in [9.17, 15) is 0 Å². The van der Waals surface area contributed by atoms with Gasteiger partial charge in [0.1, 0.15) is 5.82 Å². The van der Waals surface area contributed by atoms with Crippen LogP contribution in [0.5, 0.6) is 0 Å². The summed E-state index contributed by atoms with van der Waals surface area (Å²) in [5, 5.41) is 9.89. The van der Waals surface area contributed by atoms with Gasteiger partial charge in [0, 0.05) is 39.5 Å². The van der Waals surface area contributed by atoms with Gasteiger partial charge in [-0.3, -0.25) is 4.99 Å². The zero-order valence-corrected chi connectivity index (χ0v) is 18.1.